The van der Waals surface area contributed by atoms with E-state index in [-0.39, 0.29) is 17.0 Å². The van der Waals surface area contributed by atoms with Gasteiger partial charge in [0.05, 0.1) is 16.5 Å². The molecule has 0 saturated heterocycles. The van der Waals surface area contributed by atoms with Crippen molar-refractivity contribution in [2.45, 2.75) is 6.92 Å². The van der Waals surface area contributed by atoms with Gasteiger partial charge in [0.1, 0.15) is 17.6 Å². The number of nitrogens with zero attached hydrogens (tertiary/aromatic N) is 2. The minimum atomic E-state index is -0.833. The lowest BCUT2D eigenvalue weighted by molar-refractivity contribution is -0.134. The molecule has 0 radical (unpaired) electrons. The van der Waals surface area contributed by atoms with Crippen LogP contribution in [0.1, 0.15) is 18.5 Å². The largest absolute Gasteiger partial charge is 0.481 e. The number of aromatic amines is 1. The summed E-state index contributed by atoms with van der Waals surface area (Å²) in [5.74, 6) is 0.564. The molecule has 4 aromatic rings. The van der Waals surface area contributed by atoms with Gasteiger partial charge in [-0.1, -0.05) is 40.2 Å². The lowest BCUT2D eigenvalue weighted by Crippen LogP contribution is -2.11. The van der Waals surface area contributed by atoms with Gasteiger partial charge in [-0.25, -0.2) is 4.98 Å². The number of hydrogen-bond acceptors (Lipinski definition) is 5. The standard InChI is InChI=1S/C21H12BrN3O2.C2H4O2/c22-15-7-5-13(6-8-15)19-10-9-16(27-19)11-14(12-23)20-24-18-4-2-1-3-17(18)21(26)25-20;1-2(3)4/h1-11H,(H,24,25,26);1H3,(H,3,4)/b14-11+;. The third kappa shape index (κ3) is 5.56. The van der Waals surface area contributed by atoms with E-state index in [0.29, 0.717) is 22.4 Å². The Labute approximate surface area is 185 Å². The normalized spacial score (nSPS) is 10.8. The van der Waals surface area contributed by atoms with Gasteiger partial charge in [-0.3, -0.25) is 9.59 Å². The van der Waals surface area contributed by atoms with E-state index in [0.717, 1.165) is 17.0 Å². The number of carbonyl (C=O) groups is 1. The molecule has 0 fully saturated rings. The third-order valence-corrected chi connectivity index (χ3v) is 4.56. The van der Waals surface area contributed by atoms with Crippen LogP contribution >= 0.6 is 15.9 Å². The number of carboxylic acids is 1. The molecule has 2 heterocycles. The molecule has 0 aliphatic rings. The smallest absolute Gasteiger partial charge is 0.300 e. The Morgan fingerprint density at radius 2 is 1.84 bits per heavy atom. The summed E-state index contributed by atoms with van der Waals surface area (Å²) in [5, 5.41) is 17.4. The highest BCUT2D eigenvalue weighted by atomic mass is 79.9. The average Bonchev–Trinajstić information content (AvgIpc) is 3.21. The predicted molar refractivity (Wildman–Crippen MR) is 121 cm³/mol. The molecule has 0 atom stereocenters. The van der Waals surface area contributed by atoms with Crippen molar-refractivity contribution >= 4 is 44.5 Å². The van der Waals surface area contributed by atoms with E-state index < -0.39 is 5.97 Å². The minimum absolute atomic E-state index is 0.211. The van der Waals surface area contributed by atoms with Gasteiger partial charge in [0.2, 0.25) is 0 Å². The van der Waals surface area contributed by atoms with Crippen molar-refractivity contribution in [2.24, 2.45) is 0 Å². The molecule has 0 bridgehead atoms. The molecular weight excluding hydrogens is 462 g/mol. The second kappa shape index (κ2) is 9.69. The van der Waals surface area contributed by atoms with Crippen LogP contribution in [0.2, 0.25) is 0 Å². The van der Waals surface area contributed by atoms with Crippen LogP contribution < -0.4 is 5.56 Å². The number of rotatable bonds is 3. The Balaban J connectivity index is 0.000000628. The van der Waals surface area contributed by atoms with Crippen LogP contribution in [0.25, 0.3) is 33.9 Å². The third-order valence-electron chi connectivity index (χ3n) is 4.03. The molecule has 4 rings (SSSR count). The Morgan fingerprint density at radius 3 is 2.52 bits per heavy atom. The number of H-pyrrole nitrogens is 1. The van der Waals surface area contributed by atoms with Gasteiger partial charge in [0, 0.05) is 23.0 Å². The highest BCUT2D eigenvalue weighted by molar-refractivity contribution is 9.10. The van der Waals surface area contributed by atoms with Gasteiger partial charge in [-0.2, -0.15) is 5.26 Å². The van der Waals surface area contributed by atoms with Crippen LogP contribution in [0.15, 0.2) is 74.3 Å². The Hall–Kier alpha value is -3.96. The molecule has 0 unspecified atom stereocenters. The van der Waals surface area contributed by atoms with Crippen LogP contribution in [0, 0.1) is 11.3 Å². The minimum Gasteiger partial charge on any atom is -0.481 e. The lowest BCUT2D eigenvalue weighted by atomic mass is 10.2. The predicted octanol–water partition coefficient (Wildman–Crippen LogP) is 5.10. The molecule has 2 aromatic carbocycles. The zero-order chi connectivity index (χ0) is 22.4. The van der Waals surface area contributed by atoms with Crippen molar-refractivity contribution in [3.05, 3.63) is 87.1 Å². The monoisotopic (exact) mass is 477 g/mol. The summed E-state index contributed by atoms with van der Waals surface area (Å²) in [6.07, 6.45) is 1.56. The molecule has 0 aliphatic carbocycles. The first-order valence-corrected chi connectivity index (χ1v) is 9.83. The van der Waals surface area contributed by atoms with E-state index in [2.05, 4.69) is 32.0 Å². The van der Waals surface area contributed by atoms with E-state index in [4.69, 9.17) is 14.3 Å². The van der Waals surface area contributed by atoms with Crippen LogP contribution in [-0.2, 0) is 4.79 Å². The van der Waals surface area contributed by atoms with Crippen molar-refractivity contribution < 1.29 is 14.3 Å². The number of aromatic nitrogens is 2. The number of fused-ring (bicyclic) bond motifs is 1. The maximum atomic E-state index is 12.2. The Kier molecular flexibility index (Phi) is 6.80. The molecule has 2 aromatic heterocycles. The highest BCUT2D eigenvalue weighted by Crippen LogP contribution is 2.26. The van der Waals surface area contributed by atoms with Crippen LogP contribution in [0.4, 0.5) is 0 Å². The number of halogens is 1. The van der Waals surface area contributed by atoms with E-state index in [1.165, 1.54) is 0 Å². The summed E-state index contributed by atoms with van der Waals surface area (Å²) in [5.41, 5.74) is 1.39. The maximum Gasteiger partial charge on any atom is 0.300 e. The fourth-order valence-corrected chi connectivity index (χ4v) is 2.97. The number of para-hydroxylation sites is 1. The summed E-state index contributed by atoms with van der Waals surface area (Å²) >= 11 is 3.40. The molecule has 8 heteroatoms. The first-order chi connectivity index (χ1) is 14.9. The topological polar surface area (TPSA) is 120 Å². The molecule has 7 nitrogen and oxygen atoms in total. The summed E-state index contributed by atoms with van der Waals surface area (Å²) < 4.78 is 6.80. The van der Waals surface area contributed by atoms with E-state index >= 15 is 0 Å². The second-order valence-corrected chi connectivity index (χ2v) is 7.25. The number of benzene rings is 2. The van der Waals surface area contributed by atoms with E-state index in [1.54, 1.807) is 36.4 Å². The van der Waals surface area contributed by atoms with Crippen molar-refractivity contribution in [3.8, 4) is 17.4 Å². The van der Waals surface area contributed by atoms with Crippen molar-refractivity contribution in [1.29, 1.82) is 5.26 Å². The molecule has 154 valence electrons. The Bertz CT molecular complexity index is 1360. The fraction of sp³-hybridized carbons (Fsp3) is 0.0435. The molecule has 31 heavy (non-hydrogen) atoms. The number of hydrogen-bond donors (Lipinski definition) is 2. The summed E-state index contributed by atoms with van der Waals surface area (Å²) in [6.45, 7) is 1.08. The van der Waals surface area contributed by atoms with Gasteiger partial charge in [-0.05, 0) is 36.4 Å². The number of allylic oxidation sites excluding steroid dienone is 1. The second-order valence-electron chi connectivity index (χ2n) is 6.33. The van der Waals surface area contributed by atoms with E-state index in [1.807, 2.05) is 30.3 Å². The van der Waals surface area contributed by atoms with Crippen molar-refractivity contribution in [2.75, 3.05) is 0 Å². The summed E-state index contributed by atoms with van der Waals surface area (Å²) in [7, 11) is 0. The number of carboxylic acid groups (broad SMARTS) is 1. The number of nitriles is 1. The fourth-order valence-electron chi connectivity index (χ4n) is 2.71. The molecule has 0 aliphatic heterocycles. The number of aliphatic carboxylic acids is 1. The summed E-state index contributed by atoms with van der Waals surface area (Å²) in [6, 6.07) is 20.4. The van der Waals surface area contributed by atoms with Gasteiger partial charge in [0.15, 0.2) is 5.82 Å². The number of nitrogens with one attached hydrogen (secondary N) is 1. The first kappa shape index (κ1) is 21.7. The van der Waals surface area contributed by atoms with Crippen molar-refractivity contribution in [1.82, 2.24) is 9.97 Å². The first-order valence-electron chi connectivity index (χ1n) is 9.04. The van der Waals surface area contributed by atoms with Crippen LogP contribution in [0.3, 0.4) is 0 Å². The molecule has 0 amide bonds. The van der Waals surface area contributed by atoms with Gasteiger partial charge in [-0.15, -0.1) is 0 Å². The maximum absolute atomic E-state index is 12.2. The van der Waals surface area contributed by atoms with Crippen LogP contribution in [-0.4, -0.2) is 21.0 Å². The average molecular weight is 478 g/mol. The van der Waals surface area contributed by atoms with E-state index in [9.17, 15) is 10.1 Å². The lowest BCUT2D eigenvalue weighted by Gasteiger charge is -2.01. The zero-order valence-corrected chi connectivity index (χ0v) is 17.9. The SMILES string of the molecule is CC(=O)O.N#C/C(=C\c1ccc(-c2ccc(Br)cc2)o1)c1nc2ccccc2c(=O)[nH]1. The molecule has 0 spiro atoms. The quantitative estimate of drug-likeness (QED) is 0.396. The summed E-state index contributed by atoms with van der Waals surface area (Å²) in [4.78, 5) is 28.3. The van der Waals surface area contributed by atoms with Crippen LogP contribution in [0.5, 0.6) is 0 Å². The van der Waals surface area contributed by atoms with Gasteiger partial charge < -0.3 is 14.5 Å². The molecule has 0 saturated carbocycles. The highest BCUT2D eigenvalue weighted by Gasteiger charge is 2.10. The molecular formula is C23H16BrN3O4. The number of furan rings is 1. The Morgan fingerprint density at radius 1 is 1.16 bits per heavy atom. The molecule has 2 N–H and O–H groups in total. The van der Waals surface area contributed by atoms with Gasteiger partial charge >= 0.3 is 0 Å². The van der Waals surface area contributed by atoms with Crippen molar-refractivity contribution in [3.63, 3.8) is 0 Å². The van der Waals surface area contributed by atoms with Gasteiger partial charge in [0.25, 0.3) is 11.5 Å². The zero-order valence-electron chi connectivity index (χ0n) is 16.3.